The van der Waals surface area contributed by atoms with Crippen LogP contribution in [0, 0.1) is 0 Å². The summed E-state index contributed by atoms with van der Waals surface area (Å²) in [4.78, 5) is 11.3. The van der Waals surface area contributed by atoms with E-state index in [1.54, 1.807) is 6.07 Å². The zero-order valence-electron chi connectivity index (χ0n) is 8.84. The van der Waals surface area contributed by atoms with Gasteiger partial charge in [-0.15, -0.1) is 0 Å². The average Bonchev–Trinajstić information content (AvgIpc) is 2.18. The van der Waals surface area contributed by atoms with Crippen LogP contribution in [0.25, 0.3) is 0 Å². The molecule has 0 unspecified atom stereocenters. The Kier molecular flexibility index (Phi) is 3.38. The van der Waals surface area contributed by atoms with E-state index in [0.29, 0.717) is 0 Å². The number of benzene rings is 1. The van der Waals surface area contributed by atoms with Crippen LogP contribution in [0.15, 0.2) is 30.3 Å². The third-order valence-electron chi connectivity index (χ3n) is 2.38. The number of alkyl halides is 3. The molecule has 0 spiro atoms. The highest BCUT2D eigenvalue weighted by atomic mass is 19.4. The van der Waals surface area contributed by atoms with E-state index in [0.717, 1.165) is 14.0 Å². The first-order valence-electron chi connectivity index (χ1n) is 4.54. The molecular formula is C11H11F3O2. The fraction of sp³-hybridized carbons (Fsp3) is 0.364. The van der Waals surface area contributed by atoms with Gasteiger partial charge in [0, 0.05) is 12.7 Å². The highest BCUT2D eigenvalue weighted by Gasteiger charge is 2.60. The van der Waals surface area contributed by atoms with Gasteiger partial charge in [-0.25, -0.2) is 0 Å². The first-order chi connectivity index (χ1) is 7.36. The molecule has 0 aliphatic heterocycles. The first kappa shape index (κ1) is 12.7. The maximum absolute atomic E-state index is 13.0. The monoisotopic (exact) mass is 232 g/mol. The van der Waals surface area contributed by atoms with Crippen LogP contribution in [-0.2, 0) is 15.1 Å². The number of ketones is 1. The normalized spacial score (nSPS) is 15.6. The van der Waals surface area contributed by atoms with Crippen molar-refractivity contribution in [3.63, 3.8) is 0 Å². The van der Waals surface area contributed by atoms with Crippen molar-refractivity contribution in [3.05, 3.63) is 35.9 Å². The van der Waals surface area contributed by atoms with Crippen molar-refractivity contribution in [1.82, 2.24) is 0 Å². The molecule has 88 valence electrons. The molecule has 16 heavy (non-hydrogen) atoms. The van der Waals surface area contributed by atoms with E-state index in [1.165, 1.54) is 24.3 Å². The van der Waals surface area contributed by atoms with Gasteiger partial charge in [0.15, 0.2) is 5.78 Å². The number of methoxy groups -OCH3 is 1. The summed E-state index contributed by atoms with van der Waals surface area (Å²) in [6.45, 7) is 0.865. The molecule has 0 N–H and O–H groups in total. The van der Waals surface area contributed by atoms with Gasteiger partial charge in [0.2, 0.25) is 5.60 Å². The highest BCUT2D eigenvalue weighted by molar-refractivity contribution is 5.87. The van der Waals surface area contributed by atoms with Crippen molar-refractivity contribution < 1.29 is 22.7 Å². The molecule has 0 fully saturated rings. The van der Waals surface area contributed by atoms with Crippen molar-refractivity contribution in [3.8, 4) is 0 Å². The summed E-state index contributed by atoms with van der Waals surface area (Å²) >= 11 is 0. The summed E-state index contributed by atoms with van der Waals surface area (Å²) in [6, 6.07) is 6.87. The van der Waals surface area contributed by atoms with Gasteiger partial charge in [0.1, 0.15) is 0 Å². The van der Waals surface area contributed by atoms with Gasteiger partial charge in [-0.05, 0) is 6.92 Å². The number of ether oxygens (including phenoxy) is 1. The van der Waals surface area contributed by atoms with Crippen LogP contribution < -0.4 is 0 Å². The number of halogens is 3. The second-order valence-electron chi connectivity index (χ2n) is 3.31. The highest BCUT2D eigenvalue weighted by Crippen LogP contribution is 2.42. The molecule has 1 atom stereocenters. The maximum Gasteiger partial charge on any atom is 0.428 e. The summed E-state index contributed by atoms with van der Waals surface area (Å²) in [5.41, 5.74) is -3.08. The van der Waals surface area contributed by atoms with Gasteiger partial charge in [0.25, 0.3) is 0 Å². The van der Waals surface area contributed by atoms with E-state index < -0.39 is 17.6 Å². The first-order valence-corrected chi connectivity index (χ1v) is 4.54. The van der Waals surface area contributed by atoms with Crippen molar-refractivity contribution in [2.75, 3.05) is 7.11 Å². The van der Waals surface area contributed by atoms with Crippen LogP contribution in [0.4, 0.5) is 13.2 Å². The van der Waals surface area contributed by atoms with Crippen LogP contribution in [0.2, 0.25) is 0 Å². The number of carbonyl (C=O) groups excluding carboxylic acids is 1. The number of rotatable bonds is 3. The topological polar surface area (TPSA) is 26.3 Å². The van der Waals surface area contributed by atoms with Crippen LogP contribution in [-0.4, -0.2) is 19.1 Å². The average molecular weight is 232 g/mol. The van der Waals surface area contributed by atoms with Crippen LogP contribution in [0.5, 0.6) is 0 Å². The molecule has 0 saturated heterocycles. The van der Waals surface area contributed by atoms with E-state index in [9.17, 15) is 18.0 Å². The lowest BCUT2D eigenvalue weighted by atomic mass is 9.89. The minimum Gasteiger partial charge on any atom is -0.358 e. The summed E-state index contributed by atoms with van der Waals surface area (Å²) in [5, 5.41) is 0. The molecular weight excluding hydrogens is 221 g/mol. The Morgan fingerprint density at radius 3 is 2.00 bits per heavy atom. The Bertz CT molecular complexity index is 373. The zero-order valence-corrected chi connectivity index (χ0v) is 8.84. The molecule has 0 saturated carbocycles. The molecule has 5 heteroatoms. The van der Waals surface area contributed by atoms with Crippen molar-refractivity contribution >= 4 is 5.78 Å². The fourth-order valence-electron chi connectivity index (χ4n) is 1.62. The molecule has 0 aromatic heterocycles. The third kappa shape index (κ3) is 1.82. The van der Waals surface area contributed by atoms with E-state index in [1.807, 2.05) is 0 Å². The number of hydrogen-bond donors (Lipinski definition) is 0. The Hall–Kier alpha value is -1.36. The predicted molar refractivity (Wildman–Crippen MR) is 51.9 cm³/mol. The second kappa shape index (κ2) is 4.25. The lowest BCUT2D eigenvalue weighted by molar-refractivity contribution is -0.263. The van der Waals surface area contributed by atoms with Crippen molar-refractivity contribution in [1.29, 1.82) is 0 Å². The van der Waals surface area contributed by atoms with Crippen molar-refractivity contribution in [2.45, 2.75) is 18.7 Å². The summed E-state index contributed by atoms with van der Waals surface area (Å²) in [7, 11) is 0.877. The van der Waals surface area contributed by atoms with E-state index >= 15 is 0 Å². The van der Waals surface area contributed by atoms with Crippen molar-refractivity contribution in [2.24, 2.45) is 0 Å². The maximum atomic E-state index is 13.0. The second-order valence-corrected chi connectivity index (χ2v) is 3.31. The molecule has 1 aromatic carbocycles. The molecule has 1 rings (SSSR count). The van der Waals surface area contributed by atoms with Gasteiger partial charge < -0.3 is 4.74 Å². The van der Waals surface area contributed by atoms with Crippen LogP contribution >= 0.6 is 0 Å². The molecule has 2 nitrogen and oxygen atoms in total. The van der Waals surface area contributed by atoms with Gasteiger partial charge in [-0.3, -0.25) is 4.79 Å². The quantitative estimate of drug-likeness (QED) is 0.800. The lowest BCUT2D eigenvalue weighted by Crippen LogP contribution is -2.49. The standard InChI is InChI=1S/C11H11F3O2/c1-8(15)10(16-2,11(12,13)14)9-6-4-3-5-7-9/h3-7H,1-2H3/t10-/m0/s1. The van der Waals surface area contributed by atoms with Gasteiger partial charge in [-0.1, -0.05) is 30.3 Å². The number of Topliss-reactive ketones (excluding diaryl/α,β-unsaturated/α-hetero) is 1. The summed E-state index contributed by atoms with van der Waals surface area (Å²) in [6.07, 6.45) is -4.78. The molecule has 0 radical (unpaired) electrons. The Morgan fingerprint density at radius 1 is 1.19 bits per heavy atom. The lowest BCUT2D eigenvalue weighted by Gasteiger charge is -2.32. The molecule has 0 amide bonds. The number of hydrogen-bond acceptors (Lipinski definition) is 2. The smallest absolute Gasteiger partial charge is 0.358 e. The molecule has 0 heterocycles. The molecule has 1 aromatic rings. The van der Waals surface area contributed by atoms with E-state index in [4.69, 9.17) is 0 Å². The van der Waals surface area contributed by atoms with Crippen LogP contribution in [0.3, 0.4) is 0 Å². The molecule has 0 aliphatic rings. The van der Waals surface area contributed by atoms with E-state index in [2.05, 4.69) is 4.74 Å². The third-order valence-corrected chi connectivity index (χ3v) is 2.38. The zero-order chi connectivity index (χ0) is 12.4. The minimum absolute atomic E-state index is 0.211. The van der Waals surface area contributed by atoms with Gasteiger partial charge in [0.05, 0.1) is 0 Å². The van der Waals surface area contributed by atoms with Gasteiger partial charge in [-0.2, -0.15) is 13.2 Å². The largest absolute Gasteiger partial charge is 0.428 e. The Morgan fingerprint density at radius 2 is 1.69 bits per heavy atom. The van der Waals surface area contributed by atoms with Gasteiger partial charge >= 0.3 is 6.18 Å². The van der Waals surface area contributed by atoms with Crippen LogP contribution in [0.1, 0.15) is 12.5 Å². The molecule has 0 bridgehead atoms. The predicted octanol–water partition coefficient (Wildman–Crippen LogP) is 2.68. The minimum atomic E-state index is -4.78. The Labute approximate surface area is 91.0 Å². The molecule has 0 aliphatic carbocycles. The summed E-state index contributed by atoms with van der Waals surface area (Å²) < 4.78 is 43.4. The van der Waals surface area contributed by atoms with E-state index in [-0.39, 0.29) is 5.56 Å². The SMILES string of the molecule is CO[C@@](C(C)=O)(c1ccccc1)C(F)(F)F. The Balaban J connectivity index is 3.42. The summed E-state index contributed by atoms with van der Waals surface area (Å²) in [5.74, 6) is -1.09. The number of carbonyl (C=O) groups is 1. The fourth-order valence-corrected chi connectivity index (χ4v) is 1.62.